The molecular formula is C29H49N3O4S. The van der Waals surface area contributed by atoms with E-state index in [1.807, 2.05) is 43.5 Å². The van der Waals surface area contributed by atoms with Crippen LogP contribution in [0.2, 0.25) is 0 Å². The van der Waals surface area contributed by atoms with Crippen LogP contribution in [0.3, 0.4) is 0 Å². The first-order chi connectivity index (χ1) is 17.4. The highest BCUT2D eigenvalue weighted by molar-refractivity contribution is 7.98. The van der Waals surface area contributed by atoms with Crippen LogP contribution in [-0.4, -0.2) is 59.0 Å². The summed E-state index contributed by atoms with van der Waals surface area (Å²) in [5.74, 6) is 0.667. The van der Waals surface area contributed by atoms with Crippen molar-refractivity contribution in [2.45, 2.75) is 104 Å². The fourth-order valence-electron chi connectivity index (χ4n) is 3.99. The second-order valence-corrected chi connectivity index (χ2v) is 12.0. The van der Waals surface area contributed by atoms with Gasteiger partial charge in [-0.25, -0.2) is 4.79 Å². The van der Waals surface area contributed by atoms with Gasteiger partial charge in [0, 0.05) is 12.6 Å². The highest BCUT2D eigenvalue weighted by atomic mass is 32.2. The molecule has 37 heavy (non-hydrogen) atoms. The Kier molecular flexibility index (Phi) is 14.7. The monoisotopic (exact) mass is 535 g/mol. The van der Waals surface area contributed by atoms with E-state index in [1.54, 1.807) is 37.4 Å². The van der Waals surface area contributed by atoms with E-state index < -0.39 is 23.8 Å². The number of hydrogen-bond donors (Lipinski definition) is 2. The van der Waals surface area contributed by atoms with E-state index in [4.69, 9.17) is 4.74 Å². The second kappa shape index (κ2) is 16.6. The van der Waals surface area contributed by atoms with Crippen LogP contribution < -0.4 is 10.6 Å². The van der Waals surface area contributed by atoms with Gasteiger partial charge in [-0.3, -0.25) is 9.59 Å². The van der Waals surface area contributed by atoms with E-state index in [0.717, 1.165) is 31.2 Å². The number of benzene rings is 1. The SMILES string of the molecule is CCCCNC(=O)C(c1ccccc1)N(C(=O)C(CCSC)NC(=O)OC(C)(C)C)C(C)CCC(C)C. The Morgan fingerprint density at radius 1 is 1.03 bits per heavy atom. The molecule has 3 unspecified atom stereocenters. The minimum absolute atomic E-state index is 0.203. The van der Waals surface area contributed by atoms with Gasteiger partial charge in [0.15, 0.2) is 0 Å². The number of unbranched alkanes of at least 4 members (excludes halogenated alkanes) is 1. The van der Waals surface area contributed by atoms with Gasteiger partial charge in [0.25, 0.3) is 0 Å². The van der Waals surface area contributed by atoms with Gasteiger partial charge in [0.2, 0.25) is 11.8 Å². The Labute approximate surface area is 228 Å². The van der Waals surface area contributed by atoms with E-state index in [2.05, 4.69) is 31.4 Å². The molecule has 0 aliphatic heterocycles. The van der Waals surface area contributed by atoms with E-state index in [-0.39, 0.29) is 17.9 Å². The van der Waals surface area contributed by atoms with Gasteiger partial charge >= 0.3 is 6.09 Å². The van der Waals surface area contributed by atoms with Crippen LogP contribution in [0.5, 0.6) is 0 Å². The van der Waals surface area contributed by atoms with Gasteiger partial charge in [0.1, 0.15) is 17.7 Å². The fraction of sp³-hybridized carbons (Fsp3) is 0.690. The molecule has 7 nitrogen and oxygen atoms in total. The van der Waals surface area contributed by atoms with Crippen LogP contribution >= 0.6 is 11.8 Å². The molecule has 0 fully saturated rings. The molecule has 0 saturated heterocycles. The maximum Gasteiger partial charge on any atom is 0.408 e. The molecule has 3 amide bonds. The average Bonchev–Trinajstić information content (AvgIpc) is 2.82. The first-order valence-electron chi connectivity index (χ1n) is 13.5. The van der Waals surface area contributed by atoms with Crippen molar-refractivity contribution in [1.82, 2.24) is 15.5 Å². The van der Waals surface area contributed by atoms with Crippen LogP contribution in [0, 0.1) is 5.92 Å². The summed E-state index contributed by atoms with van der Waals surface area (Å²) in [6.45, 7) is 14.3. The highest BCUT2D eigenvalue weighted by Gasteiger charge is 2.38. The third-order valence-corrected chi connectivity index (χ3v) is 6.61. The van der Waals surface area contributed by atoms with Crippen molar-refractivity contribution >= 4 is 29.7 Å². The Hall–Kier alpha value is -2.22. The van der Waals surface area contributed by atoms with Crippen LogP contribution in [0.1, 0.15) is 92.2 Å². The zero-order valence-corrected chi connectivity index (χ0v) is 25.0. The maximum atomic E-state index is 14.3. The van der Waals surface area contributed by atoms with Crippen molar-refractivity contribution in [3.05, 3.63) is 35.9 Å². The lowest BCUT2D eigenvalue weighted by molar-refractivity contribution is -0.145. The van der Waals surface area contributed by atoms with Gasteiger partial charge in [-0.05, 0) is 76.9 Å². The zero-order valence-electron chi connectivity index (χ0n) is 24.1. The number of carbonyl (C=O) groups is 3. The number of rotatable bonds is 15. The molecule has 0 spiro atoms. The molecule has 210 valence electrons. The summed E-state index contributed by atoms with van der Waals surface area (Å²) in [6.07, 6.45) is 5.25. The molecule has 0 aromatic heterocycles. The molecule has 1 aromatic carbocycles. The Morgan fingerprint density at radius 3 is 2.22 bits per heavy atom. The number of thioether (sulfide) groups is 1. The third-order valence-electron chi connectivity index (χ3n) is 5.96. The van der Waals surface area contributed by atoms with Crippen molar-refractivity contribution < 1.29 is 19.1 Å². The Balaban J connectivity index is 3.48. The predicted molar refractivity (Wildman–Crippen MR) is 154 cm³/mol. The standard InChI is InChI=1S/C29H49N3O4S/c1-9-10-19-30-26(33)25(23-14-12-11-13-15-23)32(22(4)17-16-21(2)3)27(34)24(18-20-37-8)31-28(35)36-29(5,6)7/h11-15,21-22,24-25H,9-10,16-20H2,1-8H3,(H,30,33)(H,31,35). The molecule has 2 N–H and O–H groups in total. The lowest BCUT2D eigenvalue weighted by atomic mass is 9.97. The van der Waals surface area contributed by atoms with E-state index in [0.29, 0.717) is 24.6 Å². The number of amides is 3. The average molecular weight is 536 g/mol. The van der Waals surface area contributed by atoms with Gasteiger partial charge in [-0.15, -0.1) is 0 Å². The zero-order chi connectivity index (χ0) is 28.0. The molecule has 8 heteroatoms. The Morgan fingerprint density at radius 2 is 1.68 bits per heavy atom. The number of hydrogen-bond acceptors (Lipinski definition) is 5. The predicted octanol–water partition coefficient (Wildman–Crippen LogP) is 5.94. The molecular weight excluding hydrogens is 486 g/mol. The van der Waals surface area contributed by atoms with Crippen molar-refractivity contribution in [2.75, 3.05) is 18.6 Å². The topological polar surface area (TPSA) is 87.7 Å². The summed E-state index contributed by atoms with van der Waals surface area (Å²) in [4.78, 5) is 42.3. The third kappa shape index (κ3) is 12.2. The van der Waals surface area contributed by atoms with Crippen LogP contribution in [-0.2, 0) is 14.3 Å². The smallest absolute Gasteiger partial charge is 0.408 e. The van der Waals surface area contributed by atoms with E-state index in [9.17, 15) is 14.4 Å². The van der Waals surface area contributed by atoms with Crippen molar-refractivity contribution in [3.63, 3.8) is 0 Å². The van der Waals surface area contributed by atoms with E-state index in [1.165, 1.54) is 0 Å². The molecule has 0 aliphatic rings. The highest BCUT2D eigenvalue weighted by Crippen LogP contribution is 2.28. The summed E-state index contributed by atoms with van der Waals surface area (Å²) >= 11 is 1.60. The fourth-order valence-corrected chi connectivity index (χ4v) is 4.47. The second-order valence-electron chi connectivity index (χ2n) is 11.0. The Bertz CT molecular complexity index is 826. The molecule has 0 saturated carbocycles. The maximum absolute atomic E-state index is 14.3. The lowest BCUT2D eigenvalue weighted by Crippen LogP contribution is -2.55. The van der Waals surface area contributed by atoms with Crippen LogP contribution in [0.15, 0.2) is 30.3 Å². The molecule has 3 atom stereocenters. The number of alkyl carbamates (subject to hydrolysis) is 1. The summed E-state index contributed by atoms with van der Waals surface area (Å²) in [5, 5.41) is 5.85. The number of nitrogens with one attached hydrogen (secondary N) is 2. The quantitative estimate of drug-likeness (QED) is 0.271. The molecule has 0 aliphatic carbocycles. The van der Waals surface area contributed by atoms with E-state index >= 15 is 0 Å². The summed E-state index contributed by atoms with van der Waals surface area (Å²) < 4.78 is 5.47. The largest absolute Gasteiger partial charge is 0.444 e. The van der Waals surface area contributed by atoms with Gasteiger partial charge in [0.05, 0.1) is 0 Å². The first-order valence-corrected chi connectivity index (χ1v) is 14.9. The minimum atomic E-state index is -0.807. The van der Waals surface area contributed by atoms with Crippen molar-refractivity contribution in [2.24, 2.45) is 5.92 Å². The van der Waals surface area contributed by atoms with Gasteiger partial charge in [-0.2, -0.15) is 11.8 Å². The molecule has 0 heterocycles. The summed E-state index contributed by atoms with van der Waals surface area (Å²) in [7, 11) is 0. The lowest BCUT2D eigenvalue weighted by Gasteiger charge is -2.39. The molecule has 0 bridgehead atoms. The first kappa shape index (κ1) is 32.8. The molecule has 1 aromatic rings. The molecule has 0 radical (unpaired) electrons. The van der Waals surface area contributed by atoms with Gasteiger partial charge in [-0.1, -0.05) is 57.5 Å². The number of carbonyl (C=O) groups excluding carboxylic acids is 3. The summed E-state index contributed by atoms with van der Waals surface area (Å²) in [6, 6.07) is 7.61. The van der Waals surface area contributed by atoms with Crippen molar-refractivity contribution in [1.29, 1.82) is 0 Å². The minimum Gasteiger partial charge on any atom is -0.444 e. The van der Waals surface area contributed by atoms with Gasteiger partial charge < -0.3 is 20.3 Å². The van der Waals surface area contributed by atoms with Crippen molar-refractivity contribution in [3.8, 4) is 0 Å². The summed E-state index contributed by atoms with van der Waals surface area (Å²) in [5.41, 5.74) is 0.0646. The number of ether oxygens (including phenoxy) is 1. The normalized spacial score (nSPS) is 14.0. The number of nitrogens with zero attached hydrogens (tertiary/aromatic N) is 1. The molecule has 1 rings (SSSR count). The van der Waals surface area contributed by atoms with Crippen LogP contribution in [0.4, 0.5) is 4.79 Å². The van der Waals surface area contributed by atoms with Crippen LogP contribution in [0.25, 0.3) is 0 Å².